The van der Waals surface area contributed by atoms with Crippen LogP contribution in [-0.2, 0) is 0 Å². The number of piperidine rings is 1. The van der Waals surface area contributed by atoms with E-state index in [4.69, 9.17) is 10.2 Å². The van der Waals surface area contributed by atoms with E-state index >= 15 is 0 Å². The molecule has 156 valence electrons. The predicted octanol–water partition coefficient (Wildman–Crippen LogP) is 3.01. The number of fused-ring (bicyclic) bond motifs is 1. The molecule has 4 aromatic rings. The number of aromatic nitrogens is 5. The molecule has 32 heavy (non-hydrogen) atoms. The SMILES string of the molecule is N#Cc1ccc(N2CCCC(Nc3ccnc(-c4cnn5ccc(C#N)cc45)n3)C2)nc1. The van der Waals surface area contributed by atoms with E-state index in [1.807, 2.05) is 12.1 Å². The van der Waals surface area contributed by atoms with Crippen molar-refractivity contribution < 1.29 is 0 Å². The fraction of sp³-hybridized carbons (Fsp3) is 0.217. The first-order valence-electron chi connectivity index (χ1n) is 10.3. The topological polar surface area (TPSA) is 119 Å². The van der Waals surface area contributed by atoms with Gasteiger partial charge in [-0.15, -0.1) is 0 Å². The van der Waals surface area contributed by atoms with Crippen molar-refractivity contribution in [1.82, 2.24) is 24.6 Å². The molecule has 9 nitrogen and oxygen atoms in total. The number of nitrogens with one attached hydrogen (secondary N) is 1. The van der Waals surface area contributed by atoms with Gasteiger partial charge in [-0.05, 0) is 43.2 Å². The summed E-state index contributed by atoms with van der Waals surface area (Å²) < 4.78 is 1.71. The maximum absolute atomic E-state index is 9.21. The number of hydrogen-bond donors (Lipinski definition) is 1. The van der Waals surface area contributed by atoms with Crippen LogP contribution in [0.15, 0.2) is 55.1 Å². The number of anilines is 2. The third-order valence-electron chi connectivity index (χ3n) is 5.52. The molecular formula is C23H19N9. The zero-order valence-corrected chi connectivity index (χ0v) is 17.2. The van der Waals surface area contributed by atoms with Gasteiger partial charge in [0.1, 0.15) is 17.7 Å². The van der Waals surface area contributed by atoms with Crippen LogP contribution in [0.3, 0.4) is 0 Å². The first kappa shape index (κ1) is 19.5. The Morgan fingerprint density at radius 1 is 1.03 bits per heavy atom. The molecule has 9 heteroatoms. The van der Waals surface area contributed by atoms with Gasteiger partial charge in [-0.25, -0.2) is 19.5 Å². The summed E-state index contributed by atoms with van der Waals surface area (Å²) in [5.41, 5.74) is 2.69. The Morgan fingerprint density at radius 2 is 1.94 bits per heavy atom. The second-order valence-corrected chi connectivity index (χ2v) is 7.63. The van der Waals surface area contributed by atoms with E-state index in [1.165, 1.54) is 0 Å². The Balaban J connectivity index is 1.35. The van der Waals surface area contributed by atoms with Crippen molar-refractivity contribution in [3.05, 3.63) is 66.2 Å². The number of rotatable bonds is 4. The highest BCUT2D eigenvalue weighted by molar-refractivity contribution is 5.77. The van der Waals surface area contributed by atoms with Crippen molar-refractivity contribution >= 4 is 17.2 Å². The average molecular weight is 421 g/mol. The summed E-state index contributed by atoms with van der Waals surface area (Å²) in [6, 6.07) is 13.5. The van der Waals surface area contributed by atoms with Gasteiger partial charge in [0, 0.05) is 37.7 Å². The molecule has 1 aliphatic rings. The van der Waals surface area contributed by atoms with Gasteiger partial charge in [0.25, 0.3) is 0 Å². The van der Waals surface area contributed by atoms with Crippen molar-refractivity contribution in [2.24, 2.45) is 0 Å². The highest BCUT2D eigenvalue weighted by atomic mass is 15.2. The molecule has 0 radical (unpaired) electrons. The van der Waals surface area contributed by atoms with Crippen molar-refractivity contribution in [3.63, 3.8) is 0 Å². The molecule has 1 aliphatic heterocycles. The number of pyridine rings is 2. The fourth-order valence-electron chi connectivity index (χ4n) is 3.94. The first-order valence-corrected chi connectivity index (χ1v) is 10.3. The average Bonchev–Trinajstić information content (AvgIpc) is 3.28. The lowest BCUT2D eigenvalue weighted by Gasteiger charge is -2.34. The van der Waals surface area contributed by atoms with E-state index in [9.17, 15) is 5.26 Å². The van der Waals surface area contributed by atoms with Gasteiger partial charge >= 0.3 is 0 Å². The molecule has 0 spiro atoms. The second kappa shape index (κ2) is 8.32. The maximum atomic E-state index is 9.21. The quantitative estimate of drug-likeness (QED) is 0.534. The van der Waals surface area contributed by atoms with E-state index in [0.29, 0.717) is 17.0 Å². The minimum Gasteiger partial charge on any atom is -0.365 e. The van der Waals surface area contributed by atoms with Crippen LogP contribution in [0.4, 0.5) is 11.6 Å². The summed E-state index contributed by atoms with van der Waals surface area (Å²) in [7, 11) is 0. The Morgan fingerprint density at radius 3 is 2.75 bits per heavy atom. The maximum Gasteiger partial charge on any atom is 0.165 e. The van der Waals surface area contributed by atoms with Crippen LogP contribution in [0, 0.1) is 22.7 Å². The van der Waals surface area contributed by atoms with Crippen LogP contribution in [0.2, 0.25) is 0 Å². The Kier molecular flexibility index (Phi) is 5.06. The predicted molar refractivity (Wildman–Crippen MR) is 119 cm³/mol. The standard InChI is InChI=1S/C23H19N9/c24-11-16-6-9-32-20(10-16)19(14-28-32)23-26-7-5-21(30-23)29-18-2-1-8-31(15-18)22-4-3-17(12-25)13-27-22/h3-7,9-10,13-14,18H,1-2,8,15H2,(H,26,29,30). The molecule has 4 aromatic heterocycles. The molecular weight excluding hydrogens is 402 g/mol. The highest BCUT2D eigenvalue weighted by Gasteiger charge is 2.21. The number of hydrogen-bond acceptors (Lipinski definition) is 8. The van der Waals surface area contributed by atoms with Crippen LogP contribution in [0.1, 0.15) is 24.0 Å². The number of nitrogens with zero attached hydrogens (tertiary/aromatic N) is 8. The van der Waals surface area contributed by atoms with Crippen molar-refractivity contribution in [2.75, 3.05) is 23.3 Å². The van der Waals surface area contributed by atoms with Crippen LogP contribution >= 0.6 is 0 Å². The van der Waals surface area contributed by atoms with Gasteiger partial charge in [0.15, 0.2) is 5.82 Å². The summed E-state index contributed by atoms with van der Waals surface area (Å²) >= 11 is 0. The molecule has 5 heterocycles. The van der Waals surface area contributed by atoms with Gasteiger partial charge in [0.2, 0.25) is 0 Å². The van der Waals surface area contributed by atoms with Crippen LogP contribution in [0.25, 0.3) is 16.9 Å². The van der Waals surface area contributed by atoms with Crippen molar-refractivity contribution in [1.29, 1.82) is 10.5 Å². The lowest BCUT2D eigenvalue weighted by molar-refractivity contribution is 0.525. The normalized spacial score (nSPS) is 15.8. The van der Waals surface area contributed by atoms with Gasteiger partial charge in [0.05, 0.1) is 34.5 Å². The van der Waals surface area contributed by atoms with Gasteiger partial charge in [-0.3, -0.25) is 0 Å². The molecule has 0 aromatic carbocycles. The molecule has 0 amide bonds. The minimum atomic E-state index is 0.207. The largest absolute Gasteiger partial charge is 0.365 e. The van der Waals surface area contributed by atoms with E-state index in [1.54, 1.807) is 47.5 Å². The van der Waals surface area contributed by atoms with E-state index in [0.717, 1.165) is 48.6 Å². The minimum absolute atomic E-state index is 0.207. The molecule has 0 saturated carbocycles. The zero-order chi connectivity index (χ0) is 21.9. The molecule has 1 fully saturated rings. The van der Waals surface area contributed by atoms with Gasteiger partial charge < -0.3 is 10.2 Å². The third kappa shape index (κ3) is 3.80. The van der Waals surface area contributed by atoms with Crippen molar-refractivity contribution in [3.8, 4) is 23.5 Å². The summed E-state index contributed by atoms with van der Waals surface area (Å²) in [5, 5.41) is 26.1. The Hall–Kier alpha value is -4.50. The third-order valence-corrected chi connectivity index (χ3v) is 5.52. The molecule has 1 N–H and O–H groups in total. The summed E-state index contributed by atoms with van der Waals surface area (Å²) in [6.07, 6.45) is 8.86. The smallest absolute Gasteiger partial charge is 0.165 e. The fourth-order valence-corrected chi connectivity index (χ4v) is 3.94. The number of nitriles is 2. The van der Waals surface area contributed by atoms with Gasteiger partial charge in [-0.1, -0.05) is 0 Å². The van der Waals surface area contributed by atoms with E-state index in [2.05, 4.69) is 37.4 Å². The molecule has 5 rings (SSSR count). The van der Waals surface area contributed by atoms with Crippen molar-refractivity contribution in [2.45, 2.75) is 18.9 Å². The van der Waals surface area contributed by atoms with E-state index in [-0.39, 0.29) is 6.04 Å². The Labute approximate surface area is 184 Å². The summed E-state index contributed by atoms with van der Waals surface area (Å²) in [5.74, 6) is 2.17. The van der Waals surface area contributed by atoms with Crippen LogP contribution in [-0.4, -0.2) is 43.7 Å². The highest BCUT2D eigenvalue weighted by Crippen LogP contribution is 2.24. The molecule has 1 saturated heterocycles. The van der Waals surface area contributed by atoms with Crippen LogP contribution < -0.4 is 10.2 Å². The van der Waals surface area contributed by atoms with Crippen LogP contribution in [0.5, 0.6) is 0 Å². The lowest BCUT2D eigenvalue weighted by atomic mass is 10.1. The first-order chi connectivity index (χ1) is 15.7. The van der Waals surface area contributed by atoms with E-state index < -0.39 is 0 Å². The molecule has 1 atom stereocenters. The molecule has 0 aliphatic carbocycles. The molecule has 1 unspecified atom stereocenters. The van der Waals surface area contributed by atoms with Gasteiger partial charge in [-0.2, -0.15) is 15.6 Å². The summed E-state index contributed by atoms with van der Waals surface area (Å²) in [6.45, 7) is 1.72. The monoisotopic (exact) mass is 421 g/mol. The Bertz CT molecular complexity index is 1340. The second-order valence-electron chi connectivity index (χ2n) is 7.63. The zero-order valence-electron chi connectivity index (χ0n) is 17.2. The lowest BCUT2D eigenvalue weighted by Crippen LogP contribution is -2.42. The summed E-state index contributed by atoms with van der Waals surface area (Å²) in [4.78, 5) is 15.8. The molecule has 0 bridgehead atoms.